The van der Waals surface area contributed by atoms with Gasteiger partial charge >= 0.3 is 0 Å². The molecule has 0 bridgehead atoms. The van der Waals surface area contributed by atoms with Gasteiger partial charge in [-0.05, 0) is 30.9 Å². The first-order chi connectivity index (χ1) is 6.76. The summed E-state index contributed by atoms with van der Waals surface area (Å²) in [6, 6.07) is 3.88. The Hall–Kier alpha value is -0.820. The molecule has 0 saturated heterocycles. The van der Waals surface area contributed by atoms with Crippen molar-refractivity contribution in [1.82, 2.24) is 4.98 Å². The monoisotopic (exact) mass is 209 g/mol. The lowest BCUT2D eigenvalue weighted by Gasteiger charge is -2.04. The zero-order valence-corrected chi connectivity index (χ0v) is 9.51. The Bertz CT molecular complexity index is 301. The molecule has 1 rings (SSSR count). The summed E-state index contributed by atoms with van der Waals surface area (Å²) in [6.07, 6.45) is 7.34. The van der Waals surface area contributed by atoms with Gasteiger partial charge < -0.3 is 0 Å². The number of hydrogen-bond donors (Lipinski definition) is 0. The Balaban J connectivity index is 2.67. The fourth-order valence-electron chi connectivity index (χ4n) is 1.40. The number of rotatable bonds is 4. The Morgan fingerprint density at radius 2 is 2.21 bits per heavy atom. The summed E-state index contributed by atoms with van der Waals surface area (Å²) < 4.78 is 0. The first-order valence-corrected chi connectivity index (χ1v) is 5.42. The van der Waals surface area contributed by atoms with Gasteiger partial charge in [0.05, 0.1) is 0 Å². The number of halogens is 1. The topological polar surface area (TPSA) is 12.9 Å². The maximum absolute atomic E-state index is 5.72. The largest absolute Gasteiger partial charge is 0.244 e. The molecule has 0 unspecified atom stereocenters. The average molecular weight is 210 g/mol. The summed E-state index contributed by atoms with van der Waals surface area (Å²) >= 11 is 5.72. The molecule has 0 aliphatic carbocycles. The molecule has 14 heavy (non-hydrogen) atoms. The zero-order valence-electron chi connectivity index (χ0n) is 8.76. The third-order valence-corrected chi connectivity index (χ3v) is 2.39. The number of hydrogen-bond acceptors (Lipinski definition) is 1. The van der Waals surface area contributed by atoms with E-state index in [0.717, 1.165) is 19.3 Å². The molecule has 0 saturated carbocycles. The zero-order chi connectivity index (χ0) is 10.4. The number of aromatic nitrogens is 1. The van der Waals surface area contributed by atoms with E-state index in [1.165, 1.54) is 11.1 Å². The van der Waals surface area contributed by atoms with Gasteiger partial charge in [-0.15, -0.1) is 0 Å². The van der Waals surface area contributed by atoms with Crippen LogP contribution in [0.3, 0.4) is 0 Å². The van der Waals surface area contributed by atoms with Gasteiger partial charge in [-0.25, -0.2) is 4.98 Å². The normalized spacial score (nSPS) is 11.8. The summed E-state index contributed by atoms with van der Waals surface area (Å²) in [5.41, 5.74) is 2.70. The van der Waals surface area contributed by atoms with Gasteiger partial charge in [0.25, 0.3) is 0 Å². The molecule has 0 aliphatic heterocycles. The first kappa shape index (κ1) is 11.3. The molecule has 0 amide bonds. The molecule has 0 spiro atoms. The van der Waals surface area contributed by atoms with Crippen LogP contribution >= 0.6 is 11.6 Å². The molecule has 0 atom stereocenters. The van der Waals surface area contributed by atoms with Gasteiger partial charge in [0.2, 0.25) is 0 Å². The van der Waals surface area contributed by atoms with Crippen molar-refractivity contribution in [1.29, 1.82) is 0 Å². The van der Waals surface area contributed by atoms with Crippen LogP contribution in [-0.4, -0.2) is 4.98 Å². The minimum absolute atomic E-state index is 0.561. The summed E-state index contributed by atoms with van der Waals surface area (Å²) in [5.74, 6) is 0. The predicted molar refractivity (Wildman–Crippen MR) is 61.6 cm³/mol. The maximum Gasteiger partial charge on any atom is 0.129 e. The lowest BCUT2D eigenvalue weighted by Crippen LogP contribution is -1.90. The highest BCUT2D eigenvalue weighted by atomic mass is 35.5. The Labute approximate surface area is 90.8 Å². The second-order valence-electron chi connectivity index (χ2n) is 3.29. The molecule has 1 nitrogen and oxygen atoms in total. The molecule has 1 heterocycles. The van der Waals surface area contributed by atoms with Crippen molar-refractivity contribution in [2.75, 3.05) is 0 Å². The molecule has 0 radical (unpaired) electrons. The maximum atomic E-state index is 5.72. The van der Waals surface area contributed by atoms with Crippen LogP contribution in [0, 0.1) is 0 Å². The summed E-state index contributed by atoms with van der Waals surface area (Å²) in [5, 5.41) is 0.561. The summed E-state index contributed by atoms with van der Waals surface area (Å²) in [7, 11) is 0. The van der Waals surface area contributed by atoms with Gasteiger partial charge in [0, 0.05) is 6.20 Å². The van der Waals surface area contributed by atoms with Crippen LogP contribution in [0.1, 0.15) is 32.3 Å². The molecular formula is C12H16ClN. The minimum Gasteiger partial charge on any atom is -0.244 e. The highest BCUT2D eigenvalue weighted by Gasteiger charge is 1.97. The van der Waals surface area contributed by atoms with Crippen LogP contribution < -0.4 is 0 Å². The number of nitrogens with zero attached hydrogens (tertiary/aromatic N) is 1. The van der Waals surface area contributed by atoms with Gasteiger partial charge in [0.15, 0.2) is 0 Å². The third kappa shape index (κ3) is 3.51. The van der Waals surface area contributed by atoms with Crippen LogP contribution in [0.5, 0.6) is 0 Å². The van der Waals surface area contributed by atoms with Crippen molar-refractivity contribution < 1.29 is 0 Å². The van der Waals surface area contributed by atoms with E-state index >= 15 is 0 Å². The molecule has 0 N–H and O–H groups in total. The van der Waals surface area contributed by atoms with Crippen LogP contribution in [0.2, 0.25) is 5.15 Å². The van der Waals surface area contributed by atoms with E-state index in [4.69, 9.17) is 11.6 Å². The number of allylic oxidation sites excluding steroid dienone is 2. The molecule has 0 aliphatic rings. The Morgan fingerprint density at radius 1 is 1.43 bits per heavy atom. The van der Waals surface area contributed by atoms with Crippen molar-refractivity contribution in [2.45, 2.75) is 33.1 Å². The van der Waals surface area contributed by atoms with E-state index in [-0.39, 0.29) is 0 Å². The Morgan fingerprint density at radius 3 is 2.71 bits per heavy atom. The fraction of sp³-hybridized carbons (Fsp3) is 0.417. The van der Waals surface area contributed by atoms with Gasteiger partial charge in [-0.1, -0.05) is 43.2 Å². The lowest BCUT2D eigenvalue weighted by atomic mass is 10.0. The van der Waals surface area contributed by atoms with Crippen molar-refractivity contribution in [3.8, 4) is 0 Å². The van der Waals surface area contributed by atoms with Crippen molar-refractivity contribution in [3.63, 3.8) is 0 Å². The Kier molecular flexibility index (Phi) is 4.68. The van der Waals surface area contributed by atoms with Crippen LogP contribution in [0.15, 0.2) is 30.0 Å². The lowest BCUT2D eigenvalue weighted by molar-refractivity contribution is 0.972. The molecule has 1 aromatic rings. The summed E-state index contributed by atoms with van der Waals surface area (Å²) in [6.45, 7) is 4.35. The first-order valence-electron chi connectivity index (χ1n) is 5.04. The van der Waals surface area contributed by atoms with Gasteiger partial charge in [-0.3, -0.25) is 0 Å². The average Bonchev–Trinajstić information content (AvgIpc) is 2.20. The highest BCUT2D eigenvalue weighted by molar-refractivity contribution is 6.29. The highest BCUT2D eigenvalue weighted by Crippen LogP contribution is 2.12. The van der Waals surface area contributed by atoms with E-state index in [1.54, 1.807) is 0 Å². The predicted octanol–water partition coefficient (Wildman–Crippen LogP) is 4.02. The fourth-order valence-corrected chi connectivity index (χ4v) is 1.52. The van der Waals surface area contributed by atoms with Crippen LogP contribution in [0.4, 0.5) is 0 Å². The third-order valence-electron chi connectivity index (χ3n) is 2.17. The minimum atomic E-state index is 0.561. The van der Waals surface area contributed by atoms with Crippen molar-refractivity contribution in [2.24, 2.45) is 0 Å². The smallest absolute Gasteiger partial charge is 0.129 e. The quantitative estimate of drug-likeness (QED) is 0.539. The van der Waals surface area contributed by atoms with Crippen LogP contribution in [0.25, 0.3) is 0 Å². The second-order valence-corrected chi connectivity index (χ2v) is 3.68. The van der Waals surface area contributed by atoms with Crippen molar-refractivity contribution >= 4 is 11.6 Å². The van der Waals surface area contributed by atoms with E-state index in [9.17, 15) is 0 Å². The second kappa shape index (κ2) is 5.82. The standard InChI is InChI=1S/C12H16ClN/c1-3-5-10(4-2)8-11-6-7-12(13)14-9-11/h5-7,9H,3-4,8H2,1-2H3/b10-5+. The SMILES string of the molecule is CC/C=C(\CC)Cc1ccc(Cl)nc1. The van der Waals surface area contributed by atoms with Crippen molar-refractivity contribution in [3.05, 3.63) is 40.7 Å². The molecule has 76 valence electrons. The van der Waals surface area contributed by atoms with Crippen LogP contribution in [-0.2, 0) is 6.42 Å². The summed E-state index contributed by atoms with van der Waals surface area (Å²) in [4.78, 5) is 4.06. The van der Waals surface area contributed by atoms with E-state index in [1.807, 2.05) is 18.3 Å². The number of pyridine rings is 1. The molecule has 0 fully saturated rings. The van der Waals surface area contributed by atoms with Gasteiger partial charge in [-0.2, -0.15) is 0 Å². The molecule has 1 aromatic heterocycles. The molecule has 2 heteroatoms. The van der Waals surface area contributed by atoms with E-state index in [0.29, 0.717) is 5.15 Å². The van der Waals surface area contributed by atoms with E-state index in [2.05, 4.69) is 24.9 Å². The molecular weight excluding hydrogens is 194 g/mol. The van der Waals surface area contributed by atoms with E-state index < -0.39 is 0 Å². The van der Waals surface area contributed by atoms with Gasteiger partial charge in [0.1, 0.15) is 5.15 Å². The molecule has 0 aromatic carbocycles.